The Morgan fingerprint density at radius 2 is 2.12 bits per heavy atom. The molecule has 1 aliphatic carbocycles. The van der Waals surface area contributed by atoms with Crippen LogP contribution in [0.5, 0.6) is 5.88 Å². The van der Waals surface area contributed by atoms with Crippen LogP contribution in [0.1, 0.15) is 29.4 Å². The predicted octanol–water partition coefficient (Wildman–Crippen LogP) is 3.04. The molecular weight excluding hydrogens is 459 g/mol. The topological polar surface area (TPSA) is 112 Å². The highest BCUT2D eigenvalue weighted by molar-refractivity contribution is 8.15. The largest absolute Gasteiger partial charge is 0.474 e. The minimum Gasteiger partial charge on any atom is -0.474 e. The number of amidine groups is 1. The zero-order chi connectivity index (χ0) is 23.8. The lowest BCUT2D eigenvalue weighted by atomic mass is 9.85. The van der Waals surface area contributed by atoms with Crippen molar-refractivity contribution in [2.24, 2.45) is 16.6 Å². The molecule has 1 fully saturated rings. The summed E-state index contributed by atoms with van der Waals surface area (Å²) in [6, 6.07) is 2.23. The Morgan fingerprint density at radius 1 is 1.33 bits per heavy atom. The molecule has 0 unspecified atom stereocenters. The van der Waals surface area contributed by atoms with E-state index in [4.69, 9.17) is 15.2 Å². The molecule has 4 rings (SSSR count). The van der Waals surface area contributed by atoms with E-state index < -0.39 is 29.8 Å². The quantitative estimate of drug-likeness (QED) is 0.596. The van der Waals surface area contributed by atoms with Crippen molar-refractivity contribution in [3.63, 3.8) is 0 Å². The fourth-order valence-electron chi connectivity index (χ4n) is 4.21. The first kappa shape index (κ1) is 23.3. The molecule has 1 saturated carbocycles. The molecule has 0 spiro atoms. The first-order valence-electron chi connectivity index (χ1n) is 10.1. The van der Waals surface area contributed by atoms with Gasteiger partial charge < -0.3 is 20.5 Å². The van der Waals surface area contributed by atoms with Crippen molar-refractivity contribution in [3.8, 4) is 5.88 Å². The van der Waals surface area contributed by atoms with Crippen LogP contribution in [0.2, 0.25) is 0 Å². The van der Waals surface area contributed by atoms with Gasteiger partial charge in [0.25, 0.3) is 5.91 Å². The molecule has 176 valence electrons. The molecule has 0 saturated heterocycles. The number of aliphatic imine (C=N–C) groups is 1. The van der Waals surface area contributed by atoms with Gasteiger partial charge in [0.2, 0.25) is 5.88 Å². The van der Waals surface area contributed by atoms with Gasteiger partial charge in [-0.3, -0.25) is 9.79 Å². The van der Waals surface area contributed by atoms with Crippen LogP contribution in [0.3, 0.4) is 0 Å². The van der Waals surface area contributed by atoms with E-state index in [0.717, 1.165) is 12.3 Å². The molecule has 2 aliphatic rings. The highest BCUT2D eigenvalue weighted by atomic mass is 32.2. The van der Waals surface area contributed by atoms with Gasteiger partial charge in [0.05, 0.1) is 29.3 Å². The third-order valence-corrected chi connectivity index (χ3v) is 7.04. The van der Waals surface area contributed by atoms with Crippen molar-refractivity contribution in [2.45, 2.75) is 23.6 Å². The molecule has 12 heteroatoms. The molecule has 0 radical (unpaired) electrons. The smallest absolute Gasteiger partial charge is 0.275 e. The lowest BCUT2D eigenvalue weighted by Crippen LogP contribution is -2.38. The number of amides is 1. The summed E-state index contributed by atoms with van der Waals surface area (Å²) in [6.45, 7) is 1.23. The van der Waals surface area contributed by atoms with Crippen LogP contribution in [0.4, 0.5) is 18.9 Å². The molecule has 1 aliphatic heterocycles. The van der Waals surface area contributed by atoms with Gasteiger partial charge in [0.15, 0.2) is 16.8 Å². The monoisotopic (exact) mass is 481 g/mol. The molecule has 2 aromatic rings. The normalized spacial score (nSPS) is 25.7. The van der Waals surface area contributed by atoms with Crippen molar-refractivity contribution in [2.75, 3.05) is 32.3 Å². The molecule has 1 aromatic heterocycles. The zero-order valence-electron chi connectivity index (χ0n) is 17.9. The number of halogens is 3. The van der Waals surface area contributed by atoms with Gasteiger partial charge in [-0.2, -0.15) is 0 Å². The maximum absolute atomic E-state index is 14.9. The second-order valence-electron chi connectivity index (χ2n) is 8.01. The van der Waals surface area contributed by atoms with Crippen molar-refractivity contribution in [1.82, 2.24) is 9.97 Å². The lowest BCUT2D eigenvalue weighted by molar-refractivity contribution is 0.102. The number of fused-ring (bicyclic) bond motifs is 1. The molecular formula is C21H22F3N5O3S. The van der Waals surface area contributed by atoms with Crippen LogP contribution in [0, 0.1) is 17.6 Å². The van der Waals surface area contributed by atoms with Gasteiger partial charge in [0, 0.05) is 30.3 Å². The maximum Gasteiger partial charge on any atom is 0.275 e. The van der Waals surface area contributed by atoms with Crippen molar-refractivity contribution >= 4 is 28.5 Å². The number of aromatic nitrogens is 2. The van der Waals surface area contributed by atoms with Crippen molar-refractivity contribution < 1.29 is 27.4 Å². The summed E-state index contributed by atoms with van der Waals surface area (Å²) in [4.78, 5) is 24.8. The van der Waals surface area contributed by atoms with E-state index in [0.29, 0.717) is 13.0 Å². The third kappa shape index (κ3) is 4.36. The molecule has 3 N–H and O–H groups in total. The van der Waals surface area contributed by atoms with E-state index in [2.05, 4.69) is 20.3 Å². The van der Waals surface area contributed by atoms with Gasteiger partial charge in [0.1, 0.15) is 19.0 Å². The third-order valence-electron chi connectivity index (χ3n) is 5.76. The SMILES string of the molecule is COC[C@]12C[C@H]1[C@](C)(c1cc(NC(=O)c3cnc(OCCF)cn3)cc(F)c1F)N=C(N)S2. The lowest BCUT2D eigenvalue weighted by Gasteiger charge is -2.34. The summed E-state index contributed by atoms with van der Waals surface area (Å²) in [6.07, 6.45) is 2.98. The summed E-state index contributed by atoms with van der Waals surface area (Å²) in [7, 11) is 1.57. The minimum atomic E-state index is -1.13. The van der Waals surface area contributed by atoms with E-state index in [1.807, 2.05) is 0 Å². The Labute approximate surface area is 192 Å². The van der Waals surface area contributed by atoms with E-state index in [9.17, 15) is 18.0 Å². The van der Waals surface area contributed by atoms with Crippen LogP contribution in [0.15, 0.2) is 29.5 Å². The first-order valence-corrected chi connectivity index (χ1v) is 10.9. The highest BCUT2D eigenvalue weighted by Crippen LogP contribution is 2.66. The molecule has 33 heavy (non-hydrogen) atoms. The Hall–Kier alpha value is -2.86. The van der Waals surface area contributed by atoms with Gasteiger partial charge in [-0.1, -0.05) is 11.8 Å². The predicted molar refractivity (Wildman–Crippen MR) is 117 cm³/mol. The van der Waals surface area contributed by atoms with Gasteiger partial charge in [-0.05, 0) is 19.4 Å². The number of hydrogen-bond acceptors (Lipinski definition) is 8. The van der Waals surface area contributed by atoms with Crippen LogP contribution in [0.25, 0.3) is 0 Å². The number of rotatable bonds is 8. The van der Waals surface area contributed by atoms with Gasteiger partial charge in [-0.25, -0.2) is 23.1 Å². The number of ether oxygens (including phenoxy) is 2. The van der Waals surface area contributed by atoms with E-state index >= 15 is 0 Å². The Bertz CT molecular complexity index is 1100. The summed E-state index contributed by atoms with van der Waals surface area (Å²) in [5.74, 6) is -2.93. The molecule has 1 aromatic carbocycles. The van der Waals surface area contributed by atoms with Crippen LogP contribution in [-0.4, -0.2) is 52.8 Å². The number of carbonyl (C=O) groups is 1. The molecule has 1 amide bonds. The minimum absolute atomic E-state index is 0.00918. The highest BCUT2D eigenvalue weighted by Gasteiger charge is 2.66. The number of carbonyl (C=O) groups excluding carboxylic acids is 1. The molecule has 2 heterocycles. The summed E-state index contributed by atoms with van der Waals surface area (Å²) in [5, 5.41) is 2.77. The Morgan fingerprint density at radius 3 is 2.79 bits per heavy atom. The van der Waals surface area contributed by atoms with E-state index in [1.54, 1.807) is 14.0 Å². The maximum atomic E-state index is 14.9. The van der Waals surface area contributed by atoms with Crippen LogP contribution >= 0.6 is 11.8 Å². The number of benzene rings is 1. The van der Waals surface area contributed by atoms with Crippen molar-refractivity contribution in [1.29, 1.82) is 0 Å². The Balaban J connectivity index is 1.60. The summed E-state index contributed by atoms with van der Waals surface area (Å²) >= 11 is 1.38. The second kappa shape index (κ2) is 8.82. The fourth-order valence-corrected chi connectivity index (χ4v) is 5.66. The van der Waals surface area contributed by atoms with Gasteiger partial charge in [-0.15, -0.1) is 0 Å². The molecule has 3 atom stereocenters. The summed E-state index contributed by atoms with van der Waals surface area (Å²) < 4.78 is 51.6. The van der Waals surface area contributed by atoms with Crippen LogP contribution in [-0.2, 0) is 10.3 Å². The average Bonchev–Trinajstić information content (AvgIpc) is 3.49. The first-order chi connectivity index (χ1) is 15.7. The second-order valence-corrected chi connectivity index (χ2v) is 9.44. The van der Waals surface area contributed by atoms with E-state index in [1.165, 1.54) is 24.0 Å². The number of hydrogen-bond donors (Lipinski definition) is 2. The standard InChI is InChI=1S/C21H22F3N5O3S/c1-20(15-7-21(15,10-31-2)33-19(25)29-20)12-5-11(6-13(23)17(12)24)28-18(30)14-8-27-16(9-26-14)32-4-3-22/h5-6,8-9,15H,3-4,7,10H2,1-2H3,(H2,25,29)(H,28,30)/t15-,20-,21+/m0/s1. The van der Waals surface area contributed by atoms with Gasteiger partial charge >= 0.3 is 0 Å². The molecule has 0 bridgehead atoms. The number of thioether (sulfide) groups is 1. The van der Waals surface area contributed by atoms with E-state index in [-0.39, 0.29) is 45.3 Å². The van der Waals surface area contributed by atoms with Crippen molar-refractivity contribution in [3.05, 3.63) is 47.4 Å². The summed E-state index contributed by atoms with van der Waals surface area (Å²) in [5.41, 5.74) is 4.83. The fraction of sp³-hybridized carbons (Fsp3) is 0.429. The molecule has 8 nitrogen and oxygen atoms in total. The van der Waals surface area contributed by atoms with Crippen LogP contribution < -0.4 is 15.8 Å². The number of methoxy groups -OCH3 is 1. The number of nitrogens with one attached hydrogen (secondary N) is 1. The number of nitrogens with two attached hydrogens (primary N) is 1. The number of nitrogens with zero attached hydrogens (tertiary/aromatic N) is 3. The number of alkyl halides is 1. The Kier molecular flexibility index (Phi) is 6.23. The number of anilines is 1. The zero-order valence-corrected chi connectivity index (χ0v) is 18.7. The average molecular weight is 482 g/mol.